The Balaban J connectivity index is 1.56. The van der Waals surface area contributed by atoms with E-state index in [0.29, 0.717) is 28.7 Å². The minimum Gasteiger partial charge on any atom is -0.493 e. The van der Waals surface area contributed by atoms with Gasteiger partial charge in [-0.2, -0.15) is 0 Å². The van der Waals surface area contributed by atoms with Gasteiger partial charge in [0.15, 0.2) is 5.76 Å². The summed E-state index contributed by atoms with van der Waals surface area (Å²) in [7, 11) is 0. The Kier molecular flexibility index (Phi) is 5.81. The van der Waals surface area contributed by atoms with Gasteiger partial charge in [-0.1, -0.05) is 67.4 Å². The molecule has 0 aliphatic carbocycles. The Morgan fingerprint density at radius 2 is 1.79 bits per heavy atom. The van der Waals surface area contributed by atoms with Crippen molar-refractivity contribution in [1.82, 2.24) is 5.32 Å². The number of amides is 1. The van der Waals surface area contributed by atoms with Gasteiger partial charge in [0.2, 0.25) is 0 Å². The summed E-state index contributed by atoms with van der Waals surface area (Å²) in [6.07, 6.45) is 0.701. The molecule has 3 aromatic carbocycles. The van der Waals surface area contributed by atoms with Gasteiger partial charge in [-0.25, -0.2) is 0 Å². The van der Waals surface area contributed by atoms with Crippen molar-refractivity contribution in [3.05, 3.63) is 87.6 Å². The zero-order valence-corrected chi connectivity index (χ0v) is 19.8. The summed E-state index contributed by atoms with van der Waals surface area (Å²) in [6, 6.07) is 18.9. The highest BCUT2D eigenvalue weighted by atomic mass is 35.5. The SMILES string of the molecule is CC(C)c1ccc(-c2cc(Cl)cc(Cl)c2)c2oc(C(=O)N[C@H]3CCOc4ccccc43)cc12. The summed E-state index contributed by atoms with van der Waals surface area (Å²) in [5, 5.41) is 5.12. The lowest BCUT2D eigenvalue weighted by atomic mass is 9.94. The molecule has 1 amide bonds. The lowest BCUT2D eigenvalue weighted by molar-refractivity contribution is 0.0899. The third-order valence-electron chi connectivity index (χ3n) is 6.00. The number of nitrogens with one attached hydrogen (secondary N) is 1. The van der Waals surface area contributed by atoms with Crippen LogP contribution < -0.4 is 10.1 Å². The van der Waals surface area contributed by atoms with Gasteiger partial charge in [0, 0.05) is 33.0 Å². The fourth-order valence-corrected chi connectivity index (χ4v) is 4.94. The monoisotopic (exact) mass is 479 g/mol. The third-order valence-corrected chi connectivity index (χ3v) is 6.44. The van der Waals surface area contributed by atoms with Crippen LogP contribution in [0.5, 0.6) is 5.75 Å². The molecular formula is C27H23Cl2NO3. The van der Waals surface area contributed by atoms with Gasteiger partial charge in [-0.3, -0.25) is 4.79 Å². The van der Waals surface area contributed by atoms with Crippen LogP contribution in [0, 0.1) is 0 Å². The van der Waals surface area contributed by atoms with Gasteiger partial charge in [-0.05, 0) is 47.4 Å². The summed E-state index contributed by atoms with van der Waals surface area (Å²) in [5.41, 5.74) is 4.42. The summed E-state index contributed by atoms with van der Waals surface area (Å²) in [4.78, 5) is 13.2. The lowest BCUT2D eigenvalue weighted by Crippen LogP contribution is -2.31. The summed E-state index contributed by atoms with van der Waals surface area (Å²) in [5.74, 6) is 1.09. The highest BCUT2D eigenvalue weighted by Crippen LogP contribution is 2.38. The lowest BCUT2D eigenvalue weighted by Gasteiger charge is -2.26. The van der Waals surface area contributed by atoms with Gasteiger partial charge in [0.25, 0.3) is 5.91 Å². The van der Waals surface area contributed by atoms with Crippen LogP contribution in [0.15, 0.2) is 65.1 Å². The fourth-order valence-electron chi connectivity index (χ4n) is 4.42. The molecule has 1 aliphatic heterocycles. The van der Waals surface area contributed by atoms with Crippen molar-refractivity contribution in [1.29, 1.82) is 0 Å². The van der Waals surface area contributed by atoms with Gasteiger partial charge in [-0.15, -0.1) is 0 Å². The fraction of sp³-hybridized carbons (Fsp3) is 0.222. The van der Waals surface area contributed by atoms with Crippen LogP contribution >= 0.6 is 23.2 Å². The van der Waals surface area contributed by atoms with Gasteiger partial charge in [0.05, 0.1) is 12.6 Å². The molecule has 0 unspecified atom stereocenters. The largest absolute Gasteiger partial charge is 0.493 e. The van der Waals surface area contributed by atoms with E-state index < -0.39 is 0 Å². The molecule has 0 spiro atoms. The molecule has 0 bridgehead atoms. The van der Waals surface area contributed by atoms with Crippen LogP contribution in [0.3, 0.4) is 0 Å². The number of hydrogen-bond acceptors (Lipinski definition) is 3. The number of carbonyl (C=O) groups is 1. The van der Waals surface area contributed by atoms with E-state index in [0.717, 1.165) is 33.4 Å². The van der Waals surface area contributed by atoms with Crippen molar-refractivity contribution in [2.75, 3.05) is 6.61 Å². The van der Waals surface area contributed by atoms with E-state index in [-0.39, 0.29) is 23.6 Å². The summed E-state index contributed by atoms with van der Waals surface area (Å²) in [6.45, 7) is 4.80. The first kappa shape index (κ1) is 21.9. The van der Waals surface area contributed by atoms with Crippen LogP contribution in [0.4, 0.5) is 0 Å². The average molecular weight is 480 g/mol. The molecule has 1 N–H and O–H groups in total. The molecule has 1 aliphatic rings. The number of halogens is 2. The van der Waals surface area contributed by atoms with Crippen molar-refractivity contribution in [2.24, 2.45) is 0 Å². The molecule has 168 valence electrons. The molecule has 5 rings (SSSR count). The zero-order chi connectivity index (χ0) is 23.1. The van der Waals surface area contributed by atoms with Crippen molar-refractivity contribution < 1.29 is 13.9 Å². The van der Waals surface area contributed by atoms with Crippen molar-refractivity contribution in [2.45, 2.75) is 32.2 Å². The number of rotatable bonds is 4. The van der Waals surface area contributed by atoms with Crippen LogP contribution in [0.2, 0.25) is 10.0 Å². The predicted octanol–water partition coefficient (Wildman–Crippen LogP) is 7.78. The molecule has 4 nitrogen and oxygen atoms in total. The van der Waals surface area contributed by atoms with Crippen molar-refractivity contribution in [3.8, 4) is 16.9 Å². The van der Waals surface area contributed by atoms with E-state index in [1.807, 2.05) is 48.5 Å². The normalized spacial score (nSPS) is 15.4. The number of carbonyl (C=O) groups excluding carboxylic acids is 1. The van der Waals surface area contributed by atoms with E-state index in [4.69, 9.17) is 32.4 Å². The second-order valence-electron chi connectivity index (χ2n) is 8.57. The van der Waals surface area contributed by atoms with E-state index >= 15 is 0 Å². The maximum absolute atomic E-state index is 13.2. The molecule has 33 heavy (non-hydrogen) atoms. The molecule has 1 aromatic heterocycles. The standard InChI is InChI=1S/C27H23Cl2NO3/c1-15(2)19-7-8-20(16-11-17(28)13-18(29)12-16)26-22(19)14-25(33-26)27(31)30-23-9-10-32-24-6-4-3-5-21(23)24/h3-8,11-15,23H,9-10H2,1-2H3,(H,30,31)/t23-/m0/s1. The summed E-state index contributed by atoms with van der Waals surface area (Å²) >= 11 is 12.5. The molecule has 0 saturated heterocycles. The van der Waals surface area contributed by atoms with Crippen molar-refractivity contribution in [3.63, 3.8) is 0 Å². The van der Waals surface area contributed by atoms with Gasteiger partial charge < -0.3 is 14.5 Å². The molecule has 0 radical (unpaired) electrons. The second-order valence-corrected chi connectivity index (χ2v) is 9.44. The smallest absolute Gasteiger partial charge is 0.287 e. The molecule has 0 fully saturated rings. The van der Waals surface area contributed by atoms with Crippen LogP contribution in [0.25, 0.3) is 22.1 Å². The minimum atomic E-state index is -0.252. The van der Waals surface area contributed by atoms with Crippen LogP contribution in [0.1, 0.15) is 53.9 Å². The maximum Gasteiger partial charge on any atom is 0.287 e. The first-order valence-corrected chi connectivity index (χ1v) is 11.7. The summed E-state index contributed by atoms with van der Waals surface area (Å²) < 4.78 is 11.9. The Morgan fingerprint density at radius 1 is 1.03 bits per heavy atom. The average Bonchev–Trinajstić information content (AvgIpc) is 3.23. The van der Waals surface area contributed by atoms with Gasteiger partial charge >= 0.3 is 0 Å². The van der Waals surface area contributed by atoms with Gasteiger partial charge in [0.1, 0.15) is 11.3 Å². The molecule has 1 atom stereocenters. The molecule has 0 saturated carbocycles. The Bertz CT molecular complexity index is 1340. The Hall–Kier alpha value is -2.95. The Morgan fingerprint density at radius 3 is 2.55 bits per heavy atom. The number of hydrogen-bond donors (Lipinski definition) is 1. The molecular weight excluding hydrogens is 457 g/mol. The van der Waals surface area contributed by atoms with E-state index in [9.17, 15) is 4.79 Å². The van der Waals surface area contributed by atoms with E-state index in [2.05, 4.69) is 25.2 Å². The first-order valence-electron chi connectivity index (χ1n) is 11.0. The second kappa shape index (κ2) is 8.77. The maximum atomic E-state index is 13.2. The van der Waals surface area contributed by atoms with E-state index in [1.165, 1.54) is 0 Å². The number of fused-ring (bicyclic) bond motifs is 2. The predicted molar refractivity (Wildman–Crippen MR) is 133 cm³/mol. The number of ether oxygens (including phenoxy) is 1. The topological polar surface area (TPSA) is 51.5 Å². The quantitative estimate of drug-likeness (QED) is 0.325. The number of benzene rings is 3. The van der Waals surface area contributed by atoms with Crippen molar-refractivity contribution >= 4 is 40.1 Å². The highest BCUT2D eigenvalue weighted by molar-refractivity contribution is 6.35. The van der Waals surface area contributed by atoms with Crippen LogP contribution in [-0.4, -0.2) is 12.5 Å². The first-order chi connectivity index (χ1) is 15.9. The molecule has 4 aromatic rings. The number of furan rings is 1. The zero-order valence-electron chi connectivity index (χ0n) is 18.3. The van der Waals surface area contributed by atoms with Crippen LogP contribution in [-0.2, 0) is 0 Å². The minimum absolute atomic E-state index is 0.133. The number of para-hydroxylation sites is 1. The highest BCUT2D eigenvalue weighted by Gasteiger charge is 2.25. The molecule has 2 heterocycles. The van der Waals surface area contributed by atoms with E-state index in [1.54, 1.807) is 6.07 Å². The third kappa shape index (κ3) is 4.21. The molecule has 6 heteroatoms. The Labute approximate surface area is 202 Å².